The Hall–Kier alpha value is -2.06. The number of anilines is 1. The number of rotatable bonds is 9. The van der Waals surface area contributed by atoms with E-state index >= 15 is 0 Å². The van der Waals surface area contributed by atoms with Gasteiger partial charge in [0.1, 0.15) is 6.04 Å². The molecule has 132 valence electrons. The summed E-state index contributed by atoms with van der Waals surface area (Å²) in [6.45, 7) is 3.37. The molecule has 3 N–H and O–H groups in total. The molecule has 0 spiro atoms. The van der Waals surface area contributed by atoms with Crippen molar-refractivity contribution in [2.24, 2.45) is 0 Å². The number of hydrogen-bond acceptors (Lipinski definition) is 5. The van der Waals surface area contributed by atoms with Crippen LogP contribution in [-0.2, 0) is 14.4 Å². The van der Waals surface area contributed by atoms with Crippen LogP contribution in [0, 0.1) is 0 Å². The van der Waals surface area contributed by atoms with Gasteiger partial charge in [-0.3, -0.25) is 19.3 Å². The van der Waals surface area contributed by atoms with Crippen molar-refractivity contribution in [1.82, 2.24) is 10.2 Å². The average Bonchev–Trinajstić information content (AvgIpc) is 2.52. The standard InChI is InChI=1S/C16H23N3O4S/c1-11(16(22)23)19(8-7-17-12(2)20)10-15(21)18-13-5-4-6-14(9-13)24-3/h4-6,9,11H,7-8,10H2,1-3H3,(H,17,20)(H,18,21)(H,22,23). The number of carboxylic acids is 1. The third kappa shape index (κ3) is 7.01. The molecule has 1 atom stereocenters. The van der Waals surface area contributed by atoms with E-state index in [1.54, 1.807) is 17.8 Å². The van der Waals surface area contributed by atoms with Crippen LogP contribution in [0.15, 0.2) is 29.2 Å². The summed E-state index contributed by atoms with van der Waals surface area (Å²) in [6.07, 6.45) is 1.94. The van der Waals surface area contributed by atoms with Crippen molar-refractivity contribution in [2.75, 3.05) is 31.2 Å². The van der Waals surface area contributed by atoms with Crippen LogP contribution in [0.25, 0.3) is 0 Å². The summed E-state index contributed by atoms with van der Waals surface area (Å²) < 4.78 is 0. The molecule has 1 aromatic rings. The van der Waals surface area contributed by atoms with Crippen molar-refractivity contribution in [3.8, 4) is 0 Å². The molecule has 0 heterocycles. The first kappa shape index (κ1) is 20.0. The van der Waals surface area contributed by atoms with Gasteiger partial charge in [-0.2, -0.15) is 0 Å². The molecule has 0 saturated carbocycles. The highest BCUT2D eigenvalue weighted by molar-refractivity contribution is 7.98. The van der Waals surface area contributed by atoms with Crippen LogP contribution in [-0.4, -0.2) is 59.7 Å². The Labute approximate surface area is 145 Å². The minimum Gasteiger partial charge on any atom is -0.480 e. The maximum Gasteiger partial charge on any atom is 0.320 e. The Morgan fingerprint density at radius 1 is 1.33 bits per heavy atom. The number of aliphatic carboxylic acids is 1. The third-order valence-electron chi connectivity index (χ3n) is 3.38. The molecule has 0 fully saturated rings. The van der Waals surface area contributed by atoms with Crippen molar-refractivity contribution in [3.63, 3.8) is 0 Å². The molecule has 1 unspecified atom stereocenters. The fourth-order valence-electron chi connectivity index (χ4n) is 2.03. The quantitative estimate of drug-likeness (QED) is 0.578. The van der Waals surface area contributed by atoms with Crippen LogP contribution >= 0.6 is 11.8 Å². The molecule has 0 radical (unpaired) electrons. The summed E-state index contributed by atoms with van der Waals surface area (Å²) in [5, 5.41) is 14.5. The van der Waals surface area contributed by atoms with Crippen molar-refractivity contribution in [1.29, 1.82) is 0 Å². The largest absolute Gasteiger partial charge is 0.480 e. The van der Waals surface area contributed by atoms with Crippen molar-refractivity contribution in [2.45, 2.75) is 24.8 Å². The molecule has 2 amide bonds. The van der Waals surface area contributed by atoms with E-state index in [1.807, 2.05) is 24.5 Å². The van der Waals surface area contributed by atoms with Crippen LogP contribution in [0.1, 0.15) is 13.8 Å². The maximum absolute atomic E-state index is 12.2. The molecule has 1 aromatic carbocycles. The Morgan fingerprint density at radius 3 is 2.62 bits per heavy atom. The van der Waals surface area contributed by atoms with Gasteiger partial charge in [-0.25, -0.2) is 0 Å². The van der Waals surface area contributed by atoms with Gasteiger partial charge in [0.2, 0.25) is 11.8 Å². The lowest BCUT2D eigenvalue weighted by Gasteiger charge is -2.25. The molecule has 0 aromatic heterocycles. The third-order valence-corrected chi connectivity index (χ3v) is 4.10. The first-order valence-corrected chi connectivity index (χ1v) is 8.71. The number of nitrogens with one attached hydrogen (secondary N) is 2. The Morgan fingerprint density at radius 2 is 2.04 bits per heavy atom. The van der Waals surface area contributed by atoms with Gasteiger partial charge in [0.05, 0.1) is 6.54 Å². The Balaban J connectivity index is 2.67. The number of thioether (sulfide) groups is 1. The molecule has 0 aliphatic carbocycles. The van der Waals surface area contributed by atoms with Crippen LogP contribution in [0.2, 0.25) is 0 Å². The number of nitrogens with zero attached hydrogens (tertiary/aromatic N) is 1. The normalized spacial score (nSPS) is 11.8. The minimum atomic E-state index is -1.02. The van der Waals surface area contributed by atoms with E-state index in [0.29, 0.717) is 5.69 Å². The number of carboxylic acid groups (broad SMARTS) is 1. The number of benzene rings is 1. The summed E-state index contributed by atoms with van der Waals surface area (Å²) in [5.74, 6) is -1.52. The van der Waals surface area contributed by atoms with Crippen LogP contribution in [0.4, 0.5) is 5.69 Å². The van der Waals surface area contributed by atoms with E-state index in [2.05, 4.69) is 10.6 Å². The summed E-state index contributed by atoms with van der Waals surface area (Å²) in [7, 11) is 0. The topological polar surface area (TPSA) is 98.7 Å². The molecular weight excluding hydrogens is 330 g/mol. The lowest BCUT2D eigenvalue weighted by Crippen LogP contribution is -2.46. The van der Waals surface area contributed by atoms with Gasteiger partial charge < -0.3 is 15.7 Å². The molecule has 0 bridgehead atoms. The van der Waals surface area contributed by atoms with Gasteiger partial charge in [-0.1, -0.05) is 6.07 Å². The van der Waals surface area contributed by atoms with E-state index in [4.69, 9.17) is 5.11 Å². The number of carbonyl (C=O) groups is 3. The van der Waals surface area contributed by atoms with E-state index in [9.17, 15) is 14.4 Å². The highest BCUT2D eigenvalue weighted by Crippen LogP contribution is 2.18. The molecule has 7 nitrogen and oxygen atoms in total. The average molecular weight is 353 g/mol. The second-order valence-corrected chi connectivity index (χ2v) is 6.13. The van der Waals surface area contributed by atoms with E-state index in [-0.39, 0.29) is 31.4 Å². The summed E-state index contributed by atoms with van der Waals surface area (Å²) in [5.41, 5.74) is 0.664. The lowest BCUT2D eigenvalue weighted by molar-refractivity contribution is -0.142. The first-order chi connectivity index (χ1) is 11.3. The highest BCUT2D eigenvalue weighted by Gasteiger charge is 2.22. The zero-order chi connectivity index (χ0) is 18.1. The smallest absolute Gasteiger partial charge is 0.320 e. The SMILES string of the molecule is CSc1cccc(NC(=O)CN(CCNC(C)=O)C(C)C(=O)O)c1. The van der Waals surface area contributed by atoms with Crippen molar-refractivity contribution < 1.29 is 19.5 Å². The number of amides is 2. The Kier molecular flexibility index (Phi) is 8.28. The predicted molar refractivity (Wildman–Crippen MR) is 94.2 cm³/mol. The molecule has 0 aliphatic heterocycles. The molecule has 0 saturated heterocycles. The van der Waals surface area contributed by atoms with E-state index < -0.39 is 12.0 Å². The summed E-state index contributed by atoms with van der Waals surface area (Å²) >= 11 is 1.57. The van der Waals surface area contributed by atoms with Crippen LogP contribution < -0.4 is 10.6 Å². The minimum absolute atomic E-state index is 0.0729. The van der Waals surface area contributed by atoms with Crippen LogP contribution in [0.3, 0.4) is 0 Å². The fourth-order valence-corrected chi connectivity index (χ4v) is 2.49. The van der Waals surface area contributed by atoms with Gasteiger partial charge in [-0.15, -0.1) is 11.8 Å². The van der Waals surface area contributed by atoms with Crippen LogP contribution in [0.5, 0.6) is 0 Å². The van der Waals surface area contributed by atoms with Crippen molar-refractivity contribution in [3.05, 3.63) is 24.3 Å². The van der Waals surface area contributed by atoms with Gasteiger partial charge in [0.25, 0.3) is 0 Å². The fraction of sp³-hybridized carbons (Fsp3) is 0.438. The monoisotopic (exact) mass is 353 g/mol. The molecule has 0 aliphatic rings. The maximum atomic E-state index is 12.2. The van der Waals surface area contributed by atoms with Crippen molar-refractivity contribution >= 4 is 35.2 Å². The zero-order valence-electron chi connectivity index (χ0n) is 14.0. The second-order valence-electron chi connectivity index (χ2n) is 5.25. The van der Waals surface area contributed by atoms with E-state index in [1.165, 1.54) is 18.7 Å². The summed E-state index contributed by atoms with van der Waals surface area (Å²) in [6, 6.07) is 6.58. The molecular formula is C16H23N3O4S. The molecule has 1 rings (SSSR count). The molecule has 8 heteroatoms. The predicted octanol–water partition coefficient (Wildman–Crippen LogP) is 1.26. The zero-order valence-corrected chi connectivity index (χ0v) is 14.9. The van der Waals surface area contributed by atoms with Gasteiger partial charge in [-0.05, 0) is 31.4 Å². The molecule has 24 heavy (non-hydrogen) atoms. The van der Waals surface area contributed by atoms with E-state index in [0.717, 1.165) is 4.90 Å². The van der Waals surface area contributed by atoms with Gasteiger partial charge in [0.15, 0.2) is 0 Å². The lowest BCUT2D eigenvalue weighted by atomic mass is 10.2. The first-order valence-electron chi connectivity index (χ1n) is 7.48. The highest BCUT2D eigenvalue weighted by atomic mass is 32.2. The number of hydrogen-bond donors (Lipinski definition) is 3. The van der Waals surface area contributed by atoms with Gasteiger partial charge in [0, 0.05) is 30.6 Å². The summed E-state index contributed by atoms with van der Waals surface area (Å²) in [4.78, 5) is 36.9. The Bertz CT molecular complexity index is 594. The van der Waals surface area contributed by atoms with Gasteiger partial charge >= 0.3 is 5.97 Å². The number of carbonyl (C=O) groups excluding carboxylic acids is 2. The second kappa shape index (κ2) is 9.94.